The van der Waals surface area contributed by atoms with Gasteiger partial charge in [-0.05, 0) is 53.1 Å². The van der Waals surface area contributed by atoms with Crippen molar-refractivity contribution in [3.05, 3.63) is 89.5 Å². The minimum atomic E-state index is 0.252. The molecular weight excluding hydrogens is 314 g/mol. The first kappa shape index (κ1) is 16.9. The van der Waals surface area contributed by atoms with Crippen LogP contribution in [0.3, 0.4) is 0 Å². The molecule has 0 unspecified atom stereocenters. The van der Waals surface area contributed by atoms with Gasteiger partial charge in [0.25, 0.3) is 0 Å². The molecule has 0 heterocycles. The summed E-state index contributed by atoms with van der Waals surface area (Å²) in [4.78, 5) is 2.24. The lowest BCUT2D eigenvalue weighted by Crippen LogP contribution is -2.22. The molecule has 0 aliphatic rings. The summed E-state index contributed by atoms with van der Waals surface area (Å²) in [5.74, 6) is 0.760. The molecule has 0 atom stereocenters. The number of rotatable bonds is 6. The van der Waals surface area contributed by atoms with E-state index in [2.05, 4.69) is 4.90 Å². The highest BCUT2D eigenvalue weighted by Crippen LogP contribution is 2.19. The van der Waals surface area contributed by atoms with E-state index >= 15 is 0 Å². The average Bonchev–Trinajstić information content (AvgIpc) is 2.59. The van der Waals surface area contributed by atoms with Crippen molar-refractivity contribution in [3.63, 3.8) is 0 Å². The normalized spacial score (nSPS) is 10.9. The minimum absolute atomic E-state index is 0.252. The Morgan fingerprint density at radius 2 is 1.00 bits per heavy atom. The molecule has 3 aromatic carbocycles. The third-order valence-corrected chi connectivity index (χ3v) is 4.00. The molecule has 0 fully saturated rings. The van der Waals surface area contributed by atoms with Crippen LogP contribution in [0.5, 0.6) is 17.2 Å². The Labute approximate surface area is 147 Å². The van der Waals surface area contributed by atoms with Crippen molar-refractivity contribution in [1.29, 1.82) is 0 Å². The Morgan fingerprint density at radius 3 is 1.48 bits per heavy atom. The van der Waals surface area contributed by atoms with Crippen LogP contribution in [0.4, 0.5) is 0 Å². The second-order valence-corrected chi connectivity index (χ2v) is 6.15. The van der Waals surface area contributed by atoms with Crippen molar-refractivity contribution in [2.24, 2.45) is 0 Å². The Kier molecular flexibility index (Phi) is 5.21. The van der Waals surface area contributed by atoms with Crippen LogP contribution < -0.4 is 0 Å². The SMILES string of the molecule is Oc1ccc(CN(Cc2ccc(O)cc2)Cc2cccc(O)c2)cc1. The van der Waals surface area contributed by atoms with Crippen LogP contribution in [-0.2, 0) is 19.6 Å². The Hall–Kier alpha value is -2.98. The van der Waals surface area contributed by atoms with Crippen LogP contribution in [0.2, 0.25) is 0 Å². The zero-order valence-corrected chi connectivity index (χ0v) is 13.8. The molecule has 0 saturated heterocycles. The second-order valence-electron chi connectivity index (χ2n) is 6.15. The van der Waals surface area contributed by atoms with Crippen LogP contribution in [0.15, 0.2) is 72.8 Å². The topological polar surface area (TPSA) is 63.9 Å². The summed E-state index contributed by atoms with van der Waals surface area (Å²) < 4.78 is 0. The summed E-state index contributed by atoms with van der Waals surface area (Å²) in [6.07, 6.45) is 0. The third-order valence-electron chi connectivity index (χ3n) is 4.00. The summed E-state index contributed by atoms with van der Waals surface area (Å²) in [5.41, 5.74) is 3.21. The van der Waals surface area contributed by atoms with Gasteiger partial charge in [-0.1, -0.05) is 36.4 Å². The Balaban J connectivity index is 1.79. The largest absolute Gasteiger partial charge is 0.508 e. The van der Waals surface area contributed by atoms with E-state index in [4.69, 9.17) is 0 Å². The fraction of sp³-hybridized carbons (Fsp3) is 0.143. The highest BCUT2D eigenvalue weighted by Gasteiger charge is 2.09. The molecule has 0 amide bonds. The highest BCUT2D eigenvalue weighted by atomic mass is 16.3. The van der Waals surface area contributed by atoms with Crippen molar-refractivity contribution in [1.82, 2.24) is 4.90 Å². The van der Waals surface area contributed by atoms with E-state index in [0.717, 1.165) is 16.7 Å². The van der Waals surface area contributed by atoms with E-state index in [1.807, 2.05) is 36.4 Å². The van der Waals surface area contributed by atoms with Crippen LogP contribution in [0.1, 0.15) is 16.7 Å². The summed E-state index contributed by atoms with van der Waals surface area (Å²) in [7, 11) is 0. The first-order chi connectivity index (χ1) is 12.1. The predicted octanol–water partition coefficient (Wildman–Crippen LogP) is 4.01. The maximum absolute atomic E-state index is 9.69. The van der Waals surface area contributed by atoms with Crippen LogP contribution in [-0.4, -0.2) is 20.2 Å². The molecule has 4 nitrogen and oxygen atoms in total. The molecule has 0 aliphatic heterocycles. The molecular formula is C21H21NO3. The van der Waals surface area contributed by atoms with E-state index in [-0.39, 0.29) is 17.2 Å². The number of nitrogens with zero attached hydrogens (tertiary/aromatic N) is 1. The minimum Gasteiger partial charge on any atom is -0.508 e. The second kappa shape index (κ2) is 7.73. The maximum Gasteiger partial charge on any atom is 0.115 e. The van der Waals surface area contributed by atoms with Gasteiger partial charge < -0.3 is 15.3 Å². The quantitative estimate of drug-likeness (QED) is 0.637. The van der Waals surface area contributed by atoms with Gasteiger partial charge in [0.05, 0.1) is 0 Å². The first-order valence-electron chi connectivity index (χ1n) is 8.14. The molecule has 3 N–H and O–H groups in total. The number of phenolic OH excluding ortho intramolecular Hbond substituents is 3. The number of benzene rings is 3. The van der Waals surface area contributed by atoms with Crippen molar-refractivity contribution in [2.75, 3.05) is 0 Å². The molecule has 0 aromatic heterocycles. The molecule has 3 rings (SSSR count). The number of hydrogen-bond acceptors (Lipinski definition) is 4. The Bertz CT molecular complexity index is 766. The molecule has 0 aliphatic carbocycles. The van der Waals surface area contributed by atoms with E-state index < -0.39 is 0 Å². The highest BCUT2D eigenvalue weighted by molar-refractivity contribution is 5.29. The van der Waals surface area contributed by atoms with Gasteiger partial charge >= 0.3 is 0 Å². The standard InChI is InChI=1S/C21H21NO3/c23-19-8-4-16(5-9-19)13-22(14-17-6-10-20(24)11-7-17)15-18-2-1-3-21(25)12-18/h1-12,23-25H,13-15H2. The summed E-state index contributed by atoms with van der Waals surface area (Å²) in [6, 6.07) is 21.6. The molecule has 0 bridgehead atoms. The third kappa shape index (κ3) is 4.99. The molecule has 4 heteroatoms. The van der Waals surface area contributed by atoms with E-state index in [1.165, 1.54) is 0 Å². The maximum atomic E-state index is 9.69. The van der Waals surface area contributed by atoms with Gasteiger partial charge in [0.1, 0.15) is 17.2 Å². The van der Waals surface area contributed by atoms with Crippen LogP contribution in [0.25, 0.3) is 0 Å². The van der Waals surface area contributed by atoms with Gasteiger partial charge in [-0.25, -0.2) is 0 Å². The zero-order valence-electron chi connectivity index (χ0n) is 13.8. The summed E-state index contributed by atoms with van der Waals surface area (Å²) >= 11 is 0. The number of phenols is 3. The molecule has 0 spiro atoms. The lowest BCUT2D eigenvalue weighted by Gasteiger charge is -2.23. The van der Waals surface area contributed by atoms with Crippen molar-refractivity contribution >= 4 is 0 Å². The van der Waals surface area contributed by atoms with E-state index in [1.54, 1.807) is 36.4 Å². The van der Waals surface area contributed by atoms with E-state index in [0.29, 0.717) is 19.6 Å². The van der Waals surface area contributed by atoms with Gasteiger partial charge in [-0.15, -0.1) is 0 Å². The van der Waals surface area contributed by atoms with Crippen LogP contribution in [0, 0.1) is 0 Å². The lowest BCUT2D eigenvalue weighted by molar-refractivity contribution is 0.247. The average molecular weight is 335 g/mol. The van der Waals surface area contributed by atoms with Gasteiger partial charge in [-0.2, -0.15) is 0 Å². The fourth-order valence-corrected chi connectivity index (χ4v) is 2.80. The molecule has 3 aromatic rings. The lowest BCUT2D eigenvalue weighted by atomic mass is 10.1. The van der Waals surface area contributed by atoms with E-state index in [9.17, 15) is 15.3 Å². The smallest absolute Gasteiger partial charge is 0.115 e. The number of hydrogen-bond donors (Lipinski definition) is 3. The van der Waals surface area contributed by atoms with Crippen molar-refractivity contribution < 1.29 is 15.3 Å². The summed E-state index contributed by atoms with van der Waals surface area (Å²) in [6.45, 7) is 2.09. The zero-order chi connectivity index (χ0) is 17.6. The van der Waals surface area contributed by atoms with Gasteiger partial charge in [0.15, 0.2) is 0 Å². The summed E-state index contributed by atoms with van der Waals surface area (Å²) in [5, 5.41) is 28.6. The molecule has 0 radical (unpaired) electrons. The van der Waals surface area contributed by atoms with Crippen molar-refractivity contribution in [3.8, 4) is 17.2 Å². The predicted molar refractivity (Wildman–Crippen MR) is 97.3 cm³/mol. The molecule has 25 heavy (non-hydrogen) atoms. The first-order valence-corrected chi connectivity index (χ1v) is 8.14. The number of aromatic hydroxyl groups is 3. The van der Waals surface area contributed by atoms with Gasteiger partial charge in [0.2, 0.25) is 0 Å². The molecule has 128 valence electrons. The fourth-order valence-electron chi connectivity index (χ4n) is 2.80. The van der Waals surface area contributed by atoms with Gasteiger partial charge in [0, 0.05) is 19.6 Å². The van der Waals surface area contributed by atoms with Gasteiger partial charge in [-0.3, -0.25) is 4.90 Å². The van der Waals surface area contributed by atoms with Crippen molar-refractivity contribution in [2.45, 2.75) is 19.6 Å². The monoisotopic (exact) mass is 335 g/mol. The molecule has 0 saturated carbocycles. The van der Waals surface area contributed by atoms with Crippen LogP contribution >= 0.6 is 0 Å². The Morgan fingerprint density at radius 1 is 0.520 bits per heavy atom.